The third kappa shape index (κ3) is 5.91. The SMILES string of the molecule is COc1ccc(CCN(Cc2ccc(C#CC(=O)O)cc2)c2nc3cc(F)c(F)cc3s2)cc1F. The molecular weight excluding hydrogens is 477 g/mol. The van der Waals surface area contributed by atoms with Gasteiger partial charge >= 0.3 is 5.97 Å². The van der Waals surface area contributed by atoms with E-state index in [0.717, 1.165) is 23.3 Å². The normalized spacial score (nSPS) is 10.6. The molecule has 35 heavy (non-hydrogen) atoms. The lowest BCUT2D eigenvalue weighted by Gasteiger charge is -2.22. The van der Waals surface area contributed by atoms with Gasteiger partial charge in [0.05, 0.1) is 17.3 Å². The quantitative estimate of drug-likeness (QED) is 0.347. The van der Waals surface area contributed by atoms with Gasteiger partial charge in [-0.3, -0.25) is 0 Å². The van der Waals surface area contributed by atoms with Crippen LogP contribution < -0.4 is 9.64 Å². The second-order valence-corrected chi connectivity index (χ2v) is 8.63. The Bertz CT molecular complexity index is 1400. The van der Waals surface area contributed by atoms with Crippen LogP contribution in [0, 0.1) is 29.3 Å². The van der Waals surface area contributed by atoms with Crippen molar-refractivity contribution in [3.8, 4) is 17.6 Å². The van der Waals surface area contributed by atoms with E-state index in [1.54, 1.807) is 24.3 Å². The average Bonchev–Trinajstić information content (AvgIpc) is 3.24. The molecule has 0 saturated carbocycles. The predicted octanol–water partition coefficient (Wildman–Crippen LogP) is 5.41. The summed E-state index contributed by atoms with van der Waals surface area (Å²) < 4.78 is 47.1. The van der Waals surface area contributed by atoms with E-state index in [9.17, 15) is 18.0 Å². The number of carboxylic acids is 1. The van der Waals surface area contributed by atoms with Crippen LogP contribution in [0.3, 0.4) is 0 Å². The van der Waals surface area contributed by atoms with Crippen LogP contribution in [-0.2, 0) is 17.8 Å². The molecule has 0 atom stereocenters. The first-order valence-corrected chi connectivity index (χ1v) is 11.3. The smallest absolute Gasteiger partial charge is 0.382 e. The number of benzene rings is 3. The lowest BCUT2D eigenvalue weighted by Crippen LogP contribution is -2.25. The Balaban J connectivity index is 1.61. The van der Waals surface area contributed by atoms with Crippen LogP contribution in [-0.4, -0.2) is 29.7 Å². The molecule has 9 heteroatoms. The van der Waals surface area contributed by atoms with Gasteiger partial charge in [0.1, 0.15) is 0 Å². The minimum absolute atomic E-state index is 0.159. The molecule has 0 aliphatic rings. The minimum Gasteiger partial charge on any atom is -0.494 e. The van der Waals surface area contributed by atoms with E-state index in [1.807, 2.05) is 17.0 Å². The number of carbonyl (C=O) groups is 1. The Labute approximate surface area is 203 Å². The summed E-state index contributed by atoms with van der Waals surface area (Å²) in [6, 6.07) is 14.0. The van der Waals surface area contributed by atoms with Gasteiger partial charge in [0, 0.05) is 30.6 Å². The first-order chi connectivity index (χ1) is 16.8. The number of thiazole rings is 1. The van der Waals surface area contributed by atoms with Gasteiger partial charge in [-0.15, -0.1) is 0 Å². The molecule has 0 amide bonds. The summed E-state index contributed by atoms with van der Waals surface area (Å²) in [6.07, 6.45) is 0.488. The fourth-order valence-electron chi connectivity index (χ4n) is 3.46. The second-order valence-electron chi connectivity index (χ2n) is 7.62. The van der Waals surface area contributed by atoms with Crippen LogP contribution in [0.25, 0.3) is 10.2 Å². The van der Waals surface area contributed by atoms with E-state index in [-0.39, 0.29) is 5.75 Å². The molecule has 3 aromatic carbocycles. The van der Waals surface area contributed by atoms with E-state index in [0.29, 0.717) is 40.4 Å². The molecule has 0 aliphatic heterocycles. The molecule has 0 unspecified atom stereocenters. The zero-order valence-electron chi connectivity index (χ0n) is 18.5. The van der Waals surface area contributed by atoms with E-state index in [1.165, 1.54) is 24.5 Å². The molecule has 1 N–H and O–H groups in total. The van der Waals surface area contributed by atoms with Crippen molar-refractivity contribution in [2.45, 2.75) is 13.0 Å². The van der Waals surface area contributed by atoms with Crippen LogP contribution in [0.15, 0.2) is 54.6 Å². The first-order valence-electron chi connectivity index (χ1n) is 10.5. The Morgan fingerprint density at radius 3 is 2.43 bits per heavy atom. The summed E-state index contributed by atoms with van der Waals surface area (Å²) in [5.74, 6) is 1.21. The molecule has 4 rings (SSSR count). The number of halogens is 3. The number of ether oxygens (including phenoxy) is 1. The summed E-state index contributed by atoms with van der Waals surface area (Å²) in [4.78, 5) is 17.1. The number of fused-ring (bicyclic) bond motifs is 1. The highest BCUT2D eigenvalue weighted by molar-refractivity contribution is 7.22. The van der Waals surface area contributed by atoms with Crippen molar-refractivity contribution >= 4 is 32.7 Å². The monoisotopic (exact) mass is 496 g/mol. The van der Waals surface area contributed by atoms with Gasteiger partial charge in [-0.2, -0.15) is 0 Å². The topological polar surface area (TPSA) is 62.7 Å². The van der Waals surface area contributed by atoms with Crippen molar-refractivity contribution in [1.82, 2.24) is 4.98 Å². The summed E-state index contributed by atoms with van der Waals surface area (Å²) in [5, 5.41) is 9.27. The number of nitrogens with zero attached hydrogens (tertiary/aromatic N) is 2. The fraction of sp³-hybridized carbons (Fsp3) is 0.154. The third-order valence-corrected chi connectivity index (χ3v) is 6.30. The zero-order chi connectivity index (χ0) is 24.9. The molecular formula is C26H19F3N2O3S. The van der Waals surface area contributed by atoms with Crippen molar-refractivity contribution in [3.05, 3.63) is 88.7 Å². The number of hydrogen-bond acceptors (Lipinski definition) is 5. The van der Waals surface area contributed by atoms with Gasteiger partial charge in [0.2, 0.25) is 0 Å². The van der Waals surface area contributed by atoms with Crippen LogP contribution in [0.4, 0.5) is 18.3 Å². The first kappa shape index (κ1) is 24.1. The number of aliphatic carboxylic acids is 1. The van der Waals surface area contributed by atoms with Crippen LogP contribution >= 0.6 is 11.3 Å². The van der Waals surface area contributed by atoms with Gasteiger partial charge in [-0.25, -0.2) is 22.9 Å². The van der Waals surface area contributed by atoms with Gasteiger partial charge in [0.15, 0.2) is 28.3 Å². The molecule has 4 aromatic rings. The maximum atomic E-state index is 14.1. The Hall–Kier alpha value is -4.03. The maximum Gasteiger partial charge on any atom is 0.382 e. The number of anilines is 1. The van der Waals surface area contributed by atoms with Crippen molar-refractivity contribution in [3.63, 3.8) is 0 Å². The second kappa shape index (κ2) is 10.5. The van der Waals surface area contributed by atoms with Gasteiger partial charge in [-0.05, 0) is 47.9 Å². The summed E-state index contributed by atoms with van der Waals surface area (Å²) >= 11 is 1.23. The average molecular weight is 497 g/mol. The highest BCUT2D eigenvalue weighted by Gasteiger charge is 2.16. The van der Waals surface area contributed by atoms with Crippen molar-refractivity contribution in [2.24, 2.45) is 0 Å². The molecule has 0 bridgehead atoms. The Morgan fingerprint density at radius 1 is 1.03 bits per heavy atom. The number of rotatable bonds is 7. The molecule has 0 aliphatic carbocycles. The molecule has 1 heterocycles. The molecule has 5 nitrogen and oxygen atoms in total. The lowest BCUT2D eigenvalue weighted by molar-refractivity contribution is -0.130. The Kier molecular flexibility index (Phi) is 7.22. The highest BCUT2D eigenvalue weighted by atomic mass is 32.1. The number of hydrogen-bond donors (Lipinski definition) is 1. The van der Waals surface area contributed by atoms with Crippen LogP contribution in [0.1, 0.15) is 16.7 Å². The zero-order valence-corrected chi connectivity index (χ0v) is 19.3. The van der Waals surface area contributed by atoms with E-state index in [2.05, 4.69) is 16.8 Å². The number of aromatic nitrogens is 1. The van der Waals surface area contributed by atoms with Gasteiger partial charge in [0.25, 0.3) is 0 Å². The molecule has 0 saturated heterocycles. The highest BCUT2D eigenvalue weighted by Crippen LogP contribution is 2.31. The lowest BCUT2D eigenvalue weighted by atomic mass is 10.1. The standard InChI is InChI=1S/C26H19F3N2O3S/c1-34-23-8-6-17(12-21(23)29)10-11-31(15-18-4-2-16(3-5-18)7-9-25(32)33)26-30-22-13-19(27)20(28)14-24(22)35-26/h2-6,8,12-14H,10-11,15H2,1H3,(H,32,33). The number of methoxy groups -OCH3 is 1. The van der Waals surface area contributed by atoms with Crippen LogP contribution in [0.5, 0.6) is 5.75 Å². The van der Waals surface area contributed by atoms with Crippen LogP contribution in [0.2, 0.25) is 0 Å². The largest absolute Gasteiger partial charge is 0.494 e. The van der Waals surface area contributed by atoms with Gasteiger partial charge in [-0.1, -0.05) is 35.5 Å². The van der Waals surface area contributed by atoms with E-state index >= 15 is 0 Å². The minimum atomic E-state index is -1.21. The van der Waals surface area contributed by atoms with Crippen molar-refractivity contribution < 1.29 is 27.8 Å². The molecule has 0 fully saturated rings. The maximum absolute atomic E-state index is 14.1. The molecule has 0 radical (unpaired) electrons. The summed E-state index contributed by atoms with van der Waals surface area (Å²) in [6.45, 7) is 0.868. The predicted molar refractivity (Wildman–Crippen MR) is 128 cm³/mol. The molecule has 178 valence electrons. The number of carboxylic acid groups (broad SMARTS) is 1. The fourth-order valence-corrected chi connectivity index (χ4v) is 4.46. The van der Waals surface area contributed by atoms with Gasteiger partial charge < -0.3 is 14.7 Å². The Morgan fingerprint density at radius 2 is 1.74 bits per heavy atom. The summed E-state index contributed by atoms with van der Waals surface area (Å²) in [5.41, 5.74) is 2.56. The van der Waals surface area contributed by atoms with Crippen molar-refractivity contribution in [2.75, 3.05) is 18.6 Å². The van der Waals surface area contributed by atoms with E-state index < -0.39 is 23.4 Å². The molecule has 0 spiro atoms. The summed E-state index contributed by atoms with van der Waals surface area (Å²) in [7, 11) is 1.40. The third-order valence-electron chi connectivity index (χ3n) is 5.22. The molecule has 1 aromatic heterocycles. The van der Waals surface area contributed by atoms with E-state index in [4.69, 9.17) is 9.84 Å². The van der Waals surface area contributed by atoms with Crippen molar-refractivity contribution in [1.29, 1.82) is 0 Å².